The van der Waals surface area contributed by atoms with Gasteiger partial charge in [-0.25, -0.2) is 0 Å². The molecule has 0 N–H and O–H groups in total. The zero-order valence-electron chi connectivity index (χ0n) is 14.6. The van der Waals surface area contributed by atoms with Crippen LogP contribution in [0.5, 0.6) is 0 Å². The lowest BCUT2D eigenvalue weighted by Gasteiger charge is -2.40. The minimum Gasteiger partial charge on any atom is -0.338 e. The van der Waals surface area contributed by atoms with E-state index in [1.54, 1.807) is 12.4 Å². The van der Waals surface area contributed by atoms with Crippen molar-refractivity contribution in [2.24, 2.45) is 11.3 Å². The van der Waals surface area contributed by atoms with Crippen LogP contribution >= 0.6 is 0 Å². The van der Waals surface area contributed by atoms with Gasteiger partial charge in [-0.1, -0.05) is 12.8 Å². The zero-order valence-corrected chi connectivity index (χ0v) is 14.6. The molecule has 0 aromatic carbocycles. The Labute approximate surface area is 145 Å². The summed E-state index contributed by atoms with van der Waals surface area (Å²) in [4.78, 5) is 21.6. The highest BCUT2D eigenvalue weighted by Gasteiger charge is 2.42. The van der Waals surface area contributed by atoms with E-state index < -0.39 is 0 Å². The number of rotatable bonds is 3. The molecule has 0 radical (unpaired) electrons. The normalized spacial score (nSPS) is 28.8. The van der Waals surface area contributed by atoms with Crippen LogP contribution in [0.25, 0.3) is 0 Å². The van der Waals surface area contributed by atoms with Crippen molar-refractivity contribution in [2.75, 3.05) is 32.7 Å². The summed E-state index contributed by atoms with van der Waals surface area (Å²) in [5.41, 5.74) is 1.07. The molecule has 1 aromatic rings. The third kappa shape index (κ3) is 3.34. The molecule has 2 aliphatic heterocycles. The van der Waals surface area contributed by atoms with Crippen molar-refractivity contribution < 1.29 is 4.79 Å². The van der Waals surface area contributed by atoms with Crippen LogP contribution in [0.1, 0.15) is 55.3 Å². The Balaban J connectivity index is 1.38. The molecule has 130 valence electrons. The van der Waals surface area contributed by atoms with Gasteiger partial charge in [-0.2, -0.15) is 0 Å². The number of nitrogens with zero attached hydrogens (tertiary/aromatic N) is 3. The van der Waals surface area contributed by atoms with E-state index >= 15 is 0 Å². The second-order valence-corrected chi connectivity index (χ2v) is 8.21. The molecule has 1 aliphatic carbocycles. The summed E-state index contributed by atoms with van der Waals surface area (Å²) in [6.45, 7) is 5.55. The summed E-state index contributed by atoms with van der Waals surface area (Å²) in [7, 11) is 0. The van der Waals surface area contributed by atoms with E-state index in [2.05, 4.69) is 14.8 Å². The van der Waals surface area contributed by atoms with Crippen LogP contribution in [0.2, 0.25) is 0 Å². The molecule has 4 nitrogen and oxygen atoms in total. The van der Waals surface area contributed by atoms with E-state index in [-0.39, 0.29) is 5.91 Å². The van der Waals surface area contributed by atoms with Gasteiger partial charge in [0, 0.05) is 44.0 Å². The monoisotopic (exact) mass is 327 g/mol. The molecule has 1 amide bonds. The highest BCUT2D eigenvalue weighted by atomic mass is 16.2. The van der Waals surface area contributed by atoms with Gasteiger partial charge in [-0.3, -0.25) is 9.78 Å². The molecule has 2 saturated heterocycles. The second-order valence-electron chi connectivity index (χ2n) is 8.21. The number of piperidine rings is 1. The summed E-state index contributed by atoms with van der Waals surface area (Å²) in [6.07, 6.45) is 12.8. The predicted molar refractivity (Wildman–Crippen MR) is 94.8 cm³/mol. The Morgan fingerprint density at radius 3 is 2.83 bits per heavy atom. The highest BCUT2D eigenvalue weighted by molar-refractivity contribution is 5.94. The van der Waals surface area contributed by atoms with Crippen molar-refractivity contribution in [1.82, 2.24) is 14.8 Å². The lowest BCUT2D eigenvalue weighted by Crippen LogP contribution is -2.47. The van der Waals surface area contributed by atoms with Crippen LogP contribution in [0.3, 0.4) is 0 Å². The van der Waals surface area contributed by atoms with Crippen molar-refractivity contribution in [2.45, 2.75) is 44.9 Å². The Morgan fingerprint density at radius 2 is 2.04 bits per heavy atom. The van der Waals surface area contributed by atoms with Crippen LogP contribution in [-0.4, -0.2) is 53.4 Å². The molecule has 1 atom stereocenters. The summed E-state index contributed by atoms with van der Waals surface area (Å²) < 4.78 is 0. The zero-order chi connectivity index (χ0) is 16.4. The van der Waals surface area contributed by atoms with Gasteiger partial charge < -0.3 is 9.80 Å². The van der Waals surface area contributed by atoms with Gasteiger partial charge in [0.15, 0.2) is 0 Å². The number of hydrogen-bond donors (Lipinski definition) is 0. The van der Waals surface area contributed by atoms with Crippen molar-refractivity contribution >= 4 is 5.91 Å². The van der Waals surface area contributed by atoms with Crippen LogP contribution in [0, 0.1) is 11.3 Å². The van der Waals surface area contributed by atoms with Gasteiger partial charge in [0.05, 0.1) is 5.56 Å². The molecule has 4 rings (SSSR count). The van der Waals surface area contributed by atoms with E-state index in [1.807, 2.05) is 12.1 Å². The first-order valence-electron chi connectivity index (χ1n) is 9.66. The first-order chi connectivity index (χ1) is 11.7. The van der Waals surface area contributed by atoms with Crippen LogP contribution in [-0.2, 0) is 0 Å². The molecule has 24 heavy (non-hydrogen) atoms. The Morgan fingerprint density at radius 1 is 1.17 bits per heavy atom. The molecule has 3 fully saturated rings. The number of likely N-dealkylation sites (tertiary alicyclic amines) is 2. The van der Waals surface area contributed by atoms with Gasteiger partial charge in [0.25, 0.3) is 5.91 Å². The number of carbonyl (C=O) groups excluding carboxylic acids is 1. The van der Waals surface area contributed by atoms with Gasteiger partial charge in [0.2, 0.25) is 0 Å². The summed E-state index contributed by atoms with van der Waals surface area (Å²) in [5.74, 6) is 1.09. The van der Waals surface area contributed by atoms with Crippen LogP contribution in [0.4, 0.5) is 0 Å². The maximum absolute atomic E-state index is 12.8. The molecular weight excluding hydrogens is 298 g/mol. The van der Waals surface area contributed by atoms with Crippen LogP contribution < -0.4 is 0 Å². The fourth-order valence-corrected chi connectivity index (χ4v) is 5.13. The number of hydrogen-bond acceptors (Lipinski definition) is 3. The Bertz CT molecular complexity index is 570. The topological polar surface area (TPSA) is 36.4 Å². The van der Waals surface area contributed by atoms with Crippen molar-refractivity contribution in [3.05, 3.63) is 30.1 Å². The number of aromatic nitrogens is 1. The van der Waals surface area contributed by atoms with E-state index in [1.165, 1.54) is 58.2 Å². The van der Waals surface area contributed by atoms with Crippen molar-refractivity contribution in [1.29, 1.82) is 0 Å². The van der Waals surface area contributed by atoms with E-state index in [9.17, 15) is 4.79 Å². The van der Waals surface area contributed by atoms with E-state index in [0.29, 0.717) is 5.41 Å². The molecular formula is C20H29N3O. The summed E-state index contributed by atoms with van der Waals surface area (Å²) in [5, 5.41) is 0. The summed E-state index contributed by atoms with van der Waals surface area (Å²) >= 11 is 0. The fraction of sp³-hybridized carbons (Fsp3) is 0.700. The lowest BCUT2D eigenvalue weighted by molar-refractivity contribution is 0.0524. The van der Waals surface area contributed by atoms with Gasteiger partial charge in [0.1, 0.15) is 0 Å². The molecule has 1 unspecified atom stereocenters. The molecule has 1 saturated carbocycles. The number of amides is 1. The minimum atomic E-state index is 0.163. The Hall–Kier alpha value is -1.42. The lowest BCUT2D eigenvalue weighted by atomic mass is 9.79. The molecule has 3 aliphatic rings. The maximum Gasteiger partial charge on any atom is 0.255 e. The smallest absolute Gasteiger partial charge is 0.255 e. The predicted octanol–water partition coefficient (Wildman–Crippen LogP) is 3.20. The van der Waals surface area contributed by atoms with Gasteiger partial charge in [-0.15, -0.1) is 0 Å². The SMILES string of the molecule is O=C(c1cccnc1)N1CCCC2(CCN(CC3CCCC3)C2)C1. The third-order valence-electron chi connectivity index (χ3n) is 6.37. The van der Waals surface area contributed by atoms with E-state index in [4.69, 9.17) is 0 Å². The average molecular weight is 327 g/mol. The first-order valence-corrected chi connectivity index (χ1v) is 9.66. The molecule has 3 heterocycles. The minimum absolute atomic E-state index is 0.163. The highest BCUT2D eigenvalue weighted by Crippen LogP contribution is 2.40. The molecule has 0 bridgehead atoms. The molecule has 4 heteroatoms. The Kier molecular flexibility index (Phi) is 4.57. The average Bonchev–Trinajstić information content (AvgIpc) is 3.26. The second kappa shape index (κ2) is 6.83. The largest absolute Gasteiger partial charge is 0.338 e. The molecule has 1 aromatic heterocycles. The van der Waals surface area contributed by atoms with Crippen LogP contribution in [0.15, 0.2) is 24.5 Å². The third-order valence-corrected chi connectivity index (χ3v) is 6.37. The number of carbonyl (C=O) groups is 1. The summed E-state index contributed by atoms with van der Waals surface area (Å²) in [6, 6.07) is 3.74. The van der Waals surface area contributed by atoms with Gasteiger partial charge in [-0.05, 0) is 56.7 Å². The van der Waals surface area contributed by atoms with E-state index in [0.717, 1.165) is 31.0 Å². The van der Waals surface area contributed by atoms with Crippen molar-refractivity contribution in [3.8, 4) is 0 Å². The van der Waals surface area contributed by atoms with Gasteiger partial charge >= 0.3 is 0 Å². The first kappa shape index (κ1) is 16.1. The molecule has 1 spiro atoms. The van der Waals surface area contributed by atoms with Crippen molar-refractivity contribution in [3.63, 3.8) is 0 Å². The standard InChI is InChI=1S/C20H29N3O/c24-19(18-7-3-10-21-13-18)23-11-4-8-20(16-23)9-12-22(15-20)14-17-5-1-2-6-17/h3,7,10,13,17H,1-2,4-6,8-9,11-12,14-16H2. The fourth-order valence-electron chi connectivity index (χ4n) is 5.13. The maximum atomic E-state index is 12.8. The quantitative estimate of drug-likeness (QED) is 0.855. The number of pyridine rings is 1.